The molecule has 2 nitrogen and oxygen atoms in total. The van der Waals surface area contributed by atoms with Crippen molar-refractivity contribution < 1.29 is 22.3 Å². The van der Waals surface area contributed by atoms with Crippen LogP contribution in [-0.2, 0) is 0 Å². The van der Waals surface area contributed by atoms with E-state index >= 15 is 0 Å². The van der Waals surface area contributed by atoms with Gasteiger partial charge in [-0.15, -0.1) is 13.2 Å². The normalized spacial score (nSPS) is 11.4. The Balaban J connectivity index is 2.37. The minimum Gasteiger partial charge on any atom is -0.406 e. The minimum atomic E-state index is -4.76. The maximum absolute atomic E-state index is 13.2. The first kappa shape index (κ1) is 13.2. The van der Waals surface area contributed by atoms with E-state index in [0.717, 1.165) is 6.07 Å². The van der Waals surface area contributed by atoms with Crippen molar-refractivity contribution in [3.63, 3.8) is 0 Å². The molecule has 0 aliphatic rings. The molecule has 0 atom stereocenters. The summed E-state index contributed by atoms with van der Waals surface area (Å²) in [6.07, 6.45) is -4.76. The van der Waals surface area contributed by atoms with Crippen LogP contribution < -0.4 is 10.5 Å². The Morgan fingerprint density at radius 2 is 1.68 bits per heavy atom. The zero-order valence-electron chi connectivity index (χ0n) is 9.54. The van der Waals surface area contributed by atoms with Gasteiger partial charge in [0.2, 0.25) is 0 Å². The summed E-state index contributed by atoms with van der Waals surface area (Å²) in [4.78, 5) is 0. The lowest BCUT2D eigenvalue weighted by Gasteiger charge is -2.10. The van der Waals surface area contributed by atoms with Gasteiger partial charge in [-0.1, -0.05) is 12.1 Å². The monoisotopic (exact) mass is 271 g/mol. The highest BCUT2D eigenvalue weighted by Gasteiger charge is 2.31. The third kappa shape index (κ3) is 3.61. The minimum absolute atomic E-state index is 0.192. The van der Waals surface area contributed by atoms with E-state index in [1.807, 2.05) is 0 Å². The smallest absolute Gasteiger partial charge is 0.406 e. The van der Waals surface area contributed by atoms with E-state index in [2.05, 4.69) is 4.74 Å². The van der Waals surface area contributed by atoms with Crippen molar-refractivity contribution in [2.75, 3.05) is 5.73 Å². The van der Waals surface area contributed by atoms with Crippen LogP contribution in [0.1, 0.15) is 0 Å². The van der Waals surface area contributed by atoms with Crippen molar-refractivity contribution in [3.05, 3.63) is 48.3 Å². The Labute approximate surface area is 106 Å². The molecule has 0 amide bonds. The second-order valence-electron chi connectivity index (χ2n) is 3.85. The molecular weight excluding hydrogens is 262 g/mol. The Hall–Kier alpha value is -2.24. The summed E-state index contributed by atoms with van der Waals surface area (Å²) in [6, 6.07) is 9.04. The van der Waals surface area contributed by atoms with Crippen molar-refractivity contribution in [2.45, 2.75) is 6.36 Å². The summed E-state index contributed by atoms with van der Waals surface area (Å²) in [5.74, 6) is -0.926. The van der Waals surface area contributed by atoms with E-state index in [0.29, 0.717) is 11.1 Å². The molecule has 0 fully saturated rings. The molecule has 6 heteroatoms. The number of nitrogens with two attached hydrogens (primary N) is 1. The van der Waals surface area contributed by atoms with E-state index in [-0.39, 0.29) is 11.4 Å². The Kier molecular flexibility index (Phi) is 3.33. The average molecular weight is 271 g/mol. The lowest BCUT2D eigenvalue weighted by molar-refractivity contribution is -0.274. The van der Waals surface area contributed by atoms with Crippen LogP contribution in [0.4, 0.5) is 23.2 Å². The first-order valence-electron chi connectivity index (χ1n) is 5.26. The summed E-state index contributed by atoms with van der Waals surface area (Å²) in [5.41, 5.74) is 6.44. The van der Waals surface area contributed by atoms with Gasteiger partial charge in [0.25, 0.3) is 0 Å². The van der Waals surface area contributed by atoms with Gasteiger partial charge >= 0.3 is 6.36 Å². The highest BCUT2D eigenvalue weighted by atomic mass is 19.4. The molecule has 0 saturated heterocycles. The maximum Gasteiger partial charge on any atom is 0.573 e. The van der Waals surface area contributed by atoms with Crippen molar-refractivity contribution in [3.8, 4) is 16.9 Å². The molecule has 0 saturated carbocycles. The van der Waals surface area contributed by atoms with Gasteiger partial charge in [0, 0.05) is 5.69 Å². The van der Waals surface area contributed by atoms with Crippen LogP contribution in [0.5, 0.6) is 5.75 Å². The third-order valence-corrected chi connectivity index (χ3v) is 2.32. The van der Waals surface area contributed by atoms with E-state index < -0.39 is 12.2 Å². The number of anilines is 1. The van der Waals surface area contributed by atoms with Crippen LogP contribution in [0.2, 0.25) is 0 Å². The number of ether oxygens (including phenoxy) is 1. The van der Waals surface area contributed by atoms with Crippen LogP contribution in [-0.4, -0.2) is 6.36 Å². The van der Waals surface area contributed by atoms with Gasteiger partial charge in [0.15, 0.2) is 0 Å². The molecule has 0 spiro atoms. The molecule has 0 radical (unpaired) electrons. The van der Waals surface area contributed by atoms with Crippen LogP contribution in [0.15, 0.2) is 42.5 Å². The molecule has 0 heterocycles. The predicted octanol–water partition coefficient (Wildman–Crippen LogP) is 3.97. The predicted molar refractivity (Wildman–Crippen MR) is 62.9 cm³/mol. The van der Waals surface area contributed by atoms with Crippen molar-refractivity contribution in [1.82, 2.24) is 0 Å². The van der Waals surface area contributed by atoms with Crippen LogP contribution in [0, 0.1) is 5.82 Å². The van der Waals surface area contributed by atoms with Gasteiger partial charge < -0.3 is 10.5 Å². The molecule has 2 aromatic rings. The van der Waals surface area contributed by atoms with Crippen molar-refractivity contribution in [2.24, 2.45) is 0 Å². The van der Waals surface area contributed by atoms with Gasteiger partial charge in [-0.25, -0.2) is 4.39 Å². The summed E-state index contributed by atoms with van der Waals surface area (Å²) in [7, 11) is 0. The molecule has 2 rings (SSSR count). The summed E-state index contributed by atoms with van der Waals surface area (Å²) in [6.45, 7) is 0. The number of benzene rings is 2. The molecule has 19 heavy (non-hydrogen) atoms. The van der Waals surface area contributed by atoms with Crippen molar-refractivity contribution in [1.29, 1.82) is 0 Å². The summed E-state index contributed by atoms with van der Waals surface area (Å²) < 4.78 is 53.3. The molecule has 0 aliphatic heterocycles. The standard InChI is InChI=1S/C13H9F4NO/c14-10-4-9(5-11(18)7-10)8-2-1-3-12(6-8)19-13(15,16)17/h1-7H,18H2. The SMILES string of the molecule is Nc1cc(F)cc(-c2cccc(OC(F)(F)F)c2)c1. The molecule has 2 N–H and O–H groups in total. The second kappa shape index (κ2) is 4.79. The molecule has 2 aromatic carbocycles. The van der Waals surface area contributed by atoms with Crippen LogP contribution in [0.3, 0.4) is 0 Å². The third-order valence-electron chi connectivity index (χ3n) is 2.32. The second-order valence-corrected chi connectivity index (χ2v) is 3.85. The highest BCUT2D eigenvalue weighted by molar-refractivity contribution is 5.68. The molecular formula is C13H9F4NO. The summed E-state index contributed by atoms with van der Waals surface area (Å²) >= 11 is 0. The lowest BCUT2D eigenvalue weighted by atomic mass is 10.0. The first-order chi connectivity index (χ1) is 8.83. The molecule has 100 valence electrons. The average Bonchev–Trinajstić information content (AvgIpc) is 2.25. The highest BCUT2D eigenvalue weighted by Crippen LogP contribution is 2.29. The fourth-order valence-electron chi connectivity index (χ4n) is 1.65. The van der Waals surface area contributed by atoms with E-state index in [1.165, 1.54) is 36.4 Å². The fraction of sp³-hybridized carbons (Fsp3) is 0.0769. The Morgan fingerprint density at radius 3 is 2.32 bits per heavy atom. The first-order valence-corrected chi connectivity index (χ1v) is 5.26. The number of rotatable bonds is 2. The quantitative estimate of drug-likeness (QED) is 0.662. The zero-order chi connectivity index (χ0) is 14.0. The Morgan fingerprint density at radius 1 is 0.947 bits per heavy atom. The van der Waals surface area contributed by atoms with Crippen LogP contribution >= 0.6 is 0 Å². The van der Waals surface area contributed by atoms with Gasteiger partial charge in [0.05, 0.1) is 0 Å². The van der Waals surface area contributed by atoms with E-state index in [4.69, 9.17) is 5.73 Å². The number of nitrogen functional groups attached to an aromatic ring is 1. The number of hydrogen-bond donors (Lipinski definition) is 1. The molecule has 0 aliphatic carbocycles. The molecule has 0 unspecified atom stereocenters. The maximum atomic E-state index is 13.2. The topological polar surface area (TPSA) is 35.2 Å². The Bertz CT molecular complexity index is 575. The van der Waals surface area contributed by atoms with E-state index in [1.54, 1.807) is 0 Å². The summed E-state index contributed by atoms with van der Waals surface area (Å²) in [5, 5.41) is 0. The fourth-order valence-corrected chi connectivity index (χ4v) is 1.65. The number of hydrogen-bond acceptors (Lipinski definition) is 2. The molecule has 0 aromatic heterocycles. The zero-order valence-corrected chi connectivity index (χ0v) is 9.54. The van der Waals surface area contributed by atoms with Crippen LogP contribution in [0.25, 0.3) is 11.1 Å². The molecule has 0 bridgehead atoms. The van der Waals surface area contributed by atoms with Gasteiger partial charge in [-0.2, -0.15) is 0 Å². The van der Waals surface area contributed by atoms with E-state index in [9.17, 15) is 17.6 Å². The van der Waals surface area contributed by atoms with Crippen molar-refractivity contribution >= 4 is 5.69 Å². The van der Waals surface area contributed by atoms with Gasteiger partial charge in [0.1, 0.15) is 11.6 Å². The lowest BCUT2D eigenvalue weighted by Crippen LogP contribution is -2.17. The largest absolute Gasteiger partial charge is 0.573 e. The van der Waals surface area contributed by atoms with Gasteiger partial charge in [-0.05, 0) is 41.5 Å². The number of alkyl halides is 3. The number of halogens is 4. The van der Waals surface area contributed by atoms with Gasteiger partial charge in [-0.3, -0.25) is 0 Å².